The van der Waals surface area contributed by atoms with Gasteiger partial charge in [-0.2, -0.15) is 0 Å². The van der Waals surface area contributed by atoms with E-state index in [9.17, 15) is 61.0 Å². The molecule has 16 atom stereocenters. The Morgan fingerprint density at radius 1 is 0.727 bits per heavy atom. The molecule has 0 aromatic carbocycles. The zero-order valence-electron chi connectivity index (χ0n) is 41.3. The minimum Gasteiger partial charge on any atom is -0.461 e. The molecule has 0 aromatic heterocycles. The summed E-state index contributed by atoms with van der Waals surface area (Å²) in [5.74, 6) is -2.50. The second-order valence-corrected chi connectivity index (χ2v) is 19.9. The molecule has 1 aliphatic heterocycles. The summed E-state index contributed by atoms with van der Waals surface area (Å²) in [5.41, 5.74) is 12.4. The van der Waals surface area contributed by atoms with Gasteiger partial charge in [-0.3, -0.25) is 9.79 Å². The maximum Gasteiger partial charge on any atom is 0.311 e. The number of allylic oxidation sites excluding steroid dienone is 1. The Labute approximate surface area is 396 Å². The molecule has 1 heterocycles. The van der Waals surface area contributed by atoms with Crippen molar-refractivity contribution in [2.24, 2.45) is 40.1 Å². The Balaban J connectivity index is 3.28. The van der Waals surface area contributed by atoms with Gasteiger partial charge in [0.2, 0.25) is 0 Å². The van der Waals surface area contributed by atoms with Crippen molar-refractivity contribution >= 4 is 11.9 Å². The number of hydrogen-bond donors (Lipinski definition) is 13. The molecule has 0 radical (unpaired) electrons. The lowest BCUT2D eigenvalue weighted by molar-refractivity contribution is -0.167. The molecule has 0 saturated heterocycles. The highest BCUT2D eigenvalue weighted by Crippen LogP contribution is 2.31. The Morgan fingerprint density at radius 3 is 1.89 bits per heavy atom. The van der Waals surface area contributed by atoms with Gasteiger partial charge in [-0.15, -0.1) is 0 Å². The molecule has 388 valence electrons. The van der Waals surface area contributed by atoms with Gasteiger partial charge >= 0.3 is 5.97 Å². The van der Waals surface area contributed by atoms with Crippen LogP contribution in [0.2, 0.25) is 0 Å². The van der Waals surface area contributed by atoms with E-state index in [-0.39, 0.29) is 43.5 Å². The second kappa shape index (κ2) is 34.1. The van der Waals surface area contributed by atoms with Gasteiger partial charge in [0.05, 0.1) is 73.1 Å². The number of aliphatic hydroxyl groups excluding tert-OH is 11. The number of aliphatic imine (C=N–C) groups is 1. The van der Waals surface area contributed by atoms with Crippen LogP contribution in [0.5, 0.6) is 0 Å². The number of hydrogen-bond acceptors (Lipinski definition) is 14. The largest absolute Gasteiger partial charge is 0.461 e. The van der Waals surface area contributed by atoms with Gasteiger partial charge in [0.1, 0.15) is 6.10 Å². The molecule has 0 bridgehead atoms. The molecule has 0 spiro atoms. The molecule has 16 unspecified atom stereocenters. The van der Waals surface area contributed by atoms with E-state index in [0.717, 1.165) is 18.4 Å². The standard InChI is InChI=1S/C50H95N3O13/c1-7-8-19-42-47(64)32(3)22-23-37(55)17-11-16-36(54)18-12-20-43(60)33(4)26-45(62)46(63)30-41(59)29-40(58)28-39(57)27-38(56)15-10-9-14-31(2)25-34(5)48(66-49(42)65)35(6)44(61)21-13-24-53-50(51)52/h25-26,32,34-48,54-64H,7-24,27-30H2,1-6H3,(H4,51,52,53)/b31-25+,33-26+. The van der Waals surface area contributed by atoms with E-state index < -0.39 is 91.1 Å². The van der Waals surface area contributed by atoms with E-state index >= 15 is 0 Å². The van der Waals surface area contributed by atoms with Crippen molar-refractivity contribution in [3.05, 3.63) is 23.3 Å². The number of guanidine groups is 1. The number of cyclic esters (lactones) is 1. The fourth-order valence-corrected chi connectivity index (χ4v) is 9.10. The van der Waals surface area contributed by atoms with Crippen molar-refractivity contribution in [3.63, 3.8) is 0 Å². The van der Waals surface area contributed by atoms with Crippen LogP contribution < -0.4 is 11.5 Å². The van der Waals surface area contributed by atoms with Gasteiger partial charge in [-0.25, -0.2) is 0 Å². The zero-order chi connectivity index (χ0) is 49.9. The fourth-order valence-electron chi connectivity index (χ4n) is 9.10. The van der Waals surface area contributed by atoms with Gasteiger partial charge in [0.25, 0.3) is 0 Å². The molecule has 16 nitrogen and oxygen atoms in total. The molecule has 66 heavy (non-hydrogen) atoms. The highest BCUT2D eigenvalue weighted by Gasteiger charge is 2.37. The molecule has 16 heteroatoms. The SMILES string of the molecule is CCCCC1C(=O)OC(C(C)C(O)CCCN=C(N)N)C(C)/C=C(\C)CCCCC(O)CC(O)CC(O)CC(O)CC(O)C(O)/C=C(\C)C(O)CCCC(O)CCCC(O)CCC(C)C1O. The molecule has 0 fully saturated rings. The van der Waals surface area contributed by atoms with Gasteiger partial charge in [-0.05, 0) is 134 Å². The summed E-state index contributed by atoms with van der Waals surface area (Å²) in [4.78, 5) is 18.2. The summed E-state index contributed by atoms with van der Waals surface area (Å²) in [6.07, 6.45) is -0.0632. The summed E-state index contributed by atoms with van der Waals surface area (Å²) >= 11 is 0. The van der Waals surface area contributed by atoms with E-state index in [0.29, 0.717) is 108 Å². The van der Waals surface area contributed by atoms with Crippen molar-refractivity contribution in [1.82, 2.24) is 0 Å². The number of ether oxygens (including phenoxy) is 1. The molecule has 0 saturated carbocycles. The first kappa shape index (κ1) is 61.8. The van der Waals surface area contributed by atoms with Crippen molar-refractivity contribution in [1.29, 1.82) is 0 Å². The van der Waals surface area contributed by atoms with Crippen LogP contribution in [0.15, 0.2) is 28.3 Å². The van der Waals surface area contributed by atoms with E-state index in [1.54, 1.807) is 6.92 Å². The maximum atomic E-state index is 14.2. The van der Waals surface area contributed by atoms with Crippen molar-refractivity contribution < 1.29 is 65.7 Å². The maximum absolute atomic E-state index is 14.2. The number of carbonyl (C=O) groups excluding carboxylic acids is 1. The molecular weight excluding hydrogens is 851 g/mol. The van der Waals surface area contributed by atoms with Crippen LogP contribution in [0, 0.1) is 23.7 Å². The number of aliphatic hydroxyl groups is 11. The van der Waals surface area contributed by atoms with E-state index in [1.807, 2.05) is 40.7 Å². The number of unbranched alkanes of at least 4 members (excludes halogenated alkanes) is 1. The average Bonchev–Trinajstić information content (AvgIpc) is 3.23. The van der Waals surface area contributed by atoms with Crippen LogP contribution in [0.3, 0.4) is 0 Å². The Kier molecular flexibility index (Phi) is 32.0. The number of carbonyl (C=O) groups is 1. The van der Waals surface area contributed by atoms with Crippen LogP contribution in [0.1, 0.15) is 176 Å². The molecular formula is C50H95N3O13. The Hall–Kier alpha value is -2.22. The smallest absolute Gasteiger partial charge is 0.311 e. The van der Waals surface area contributed by atoms with Crippen LogP contribution in [0.4, 0.5) is 0 Å². The first-order chi connectivity index (χ1) is 31.0. The van der Waals surface area contributed by atoms with E-state index in [1.165, 1.54) is 6.08 Å². The average molecular weight is 946 g/mol. The highest BCUT2D eigenvalue weighted by atomic mass is 16.5. The zero-order valence-corrected chi connectivity index (χ0v) is 41.3. The lowest BCUT2D eigenvalue weighted by Crippen LogP contribution is -2.42. The molecule has 0 aromatic rings. The highest BCUT2D eigenvalue weighted by molar-refractivity contribution is 5.75. The van der Waals surface area contributed by atoms with Gasteiger partial charge in [0.15, 0.2) is 5.96 Å². The Morgan fingerprint density at radius 2 is 1.29 bits per heavy atom. The van der Waals surface area contributed by atoms with Crippen LogP contribution >= 0.6 is 0 Å². The van der Waals surface area contributed by atoms with E-state index in [2.05, 4.69) is 4.99 Å². The fraction of sp³-hybridized carbons (Fsp3) is 0.880. The van der Waals surface area contributed by atoms with Crippen LogP contribution in [0.25, 0.3) is 0 Å². The third-order valence-electron chi connectivity index (χ3n) is 13.5. The normalized spacial score (nSPS) is 36.7. The summed E-state index contributed by atoms with van der Waals surface area (Å²) in [6.45, 7) is 11.6. The van der Waals surface area contributed by atoms with Gasteiger partial charge in [-0.1, -0.05) is 64.7 Å². The number of nitrogens with zero attached hydrogens (tertiary/aromatic N) is 1. The first-order valence-electron chi connectivity index (χ1n) is 25.2. The molecule has 0 amide bonds. The Bertz CT molecular complexity index is 1380. The summed E-state index contributed by atoms with van der Waals surface area (Å²) in [5, 5.41) is 119. The number of esters is 1. The first-order valence-corrected chi connectivity index (χ1v) is 25.2. The van der Waals surface area contributed by atoms with Crippen molar-refractivity contribution in [2.45, 2.75) is 250 Å². The van der Waals surface area contributed by atoms with E-state index in [4.69, 9.17) is 16.2 Å². The minimum absolute atomic E-state index is 0.0274. The summed E-state index contributed by atoms with van der Waals surface area (Å²) < 4.78 is 6.32. The number of nitrogens with two attached hydrogens (primary N) is 2. The summed E-state index contributed by atoms with van der Waals surface area (Å²) in [6, 6.07) is 0. The monoisotopic (exact) mass is 946 g/mol. The summed E-state index contributed by atoms with van der Waals surface area (Å²) in [7, 11) is 0. The quantitative estimate of drug-likeness (QED) is 0.0515. The lowest BCUT2D eigenvalue weighted by Gasteiger charge is -2.34. The molecule has 1 aliphatic rings. The predicted molar refractivity (Wildman–Crippen MR) is 258 cm³/mol. The molecule has 1 rings (SSSR count). The van der Waals surface area contributed by atoms with Gasteiger partial charge < -0.3 is 72.4 Å². The third kappa shape index (κ3) is 26.5. The van der Waals surface area contributed by atoms with Crippen molar-refractivity contribution in [3.8, 4) is 0 Å². The number of rotatable bonds is 9. The molecule has 15 N–H and O–H groups in total. The third-order valence-corrected chi connectivity index (χ3v) is 13.5. The van der Waals surface area contributed by atoms with Crippen LogP contribution in [-0.4, -0.2) is 148 Å². The van der Waals surface area contributed by atoms with Crippen LogP contribution in [-0.2, 0) is 9.53 Å². The van der Waals surface area contributed by atoms with Crippen molar-refractivity contribution in [2.75, 3.05) is 6.54 Å². The lowest BCUT2D eigenvalue weighted by atomic mass is 9.84. The topological polar surface area (TPSA) is 313 Å². The predicted octanol–water partition coefficient (Wildman–Crippen LogP) is 3.78. The second-order valence-electron chi connectivity index (χ2n) is 19.9. The minimum atomic E-state index is -1.38. The molecule has 0 aliphatic carbocycles. The van der Waals surface area contributed by atoms with Gasteiger partial charge in [0, 0.05) is 24.8 Å².